The maximum atomic E-state index is 13.7. The number of nitrogens with zero attached hydrogens (tertiary/aromatic N) is 1. The molecule has 36 heavy (non-hydrogen) atoms. The van der Waals surface area contributed by atoms with Gasteiger partial charge in [0, 0.05) is 0 Å². The Labute approximate surface area is 219 Å². The summed E-state index contributed by atoms with van der Waals surface area (Å²) in [6.07, 6.45) is 18.3. The van der Waals surface area contributed by atoms with E-state index in [9.17, 15) is 10.1 Å². The fraction of sp³-hybridized carbons (Fsp3) is 0.576. The molecule has 3 nitrogen and oxygen atoms in total. The van der Waals surface area contributed by atoms with Gasteiger partial charge >= 0.3 is 5.97 Å². The van der Waals surface area contributed by atoms with Crippen molar-refractivity contribution in [3.8, 4) is 11.8 Å². The van der Waals surface area contributed by atoms with Gasteiger partial charge in [-0.15, -0.1) is 0 Å². The normalized spacial score (nSPS) is 14.8. The average molecular weight is 488 g/mol. The van der Waals surface area contributed by atoms with Crippen molar-refractivity contribution in [2.75, 3.05) is 0 Å². The van der Waals surface area contributed by atoms with Gasteiger partial charge in [-0.05, 0) is 67.3 Å². The molecule has 1 aliphatic carbocycles. The number of carbonyl (C=O) groups excluding carboxylic acids is 1. The summed E-state index contributed by atoms with van der Waals surface area (Å²) in [5, 5.41) is 9.70. The van der Waals surface area contributed by atoms with Crippen molar-refractivity contribution in [3.63, 3.8) is 0 Å². The second-order valence-electron chi connectivity index (χ2n) is 10.6. The second kappa shape index (κ2) is 14.8. The van der Waals surface area contributed by atoms with Gasteiger partial charge in [0.25, 0.3) is 0 Å². The number of ether oxygens (including phenoxy) is 1. The van der Waals surface area contributed by atoms with E-state index in [0.29, 0.717) is 11.3 Å². The van der Waals surface area contributed by atoms with E-state index < -0.39 is 5.41 Å². The van der Waals surface area contributed by atoms with Gasteiger partial charge in [-0.2, -0.15) is 5.26 Å². The van der Waals surface area contributed by atoms with Gasteiger partial charge < -0.3 is 4.74 Å². The predicted octanol–water partition coefficient (Wildman–Crippen LogP) is 9.00. The first kappa shape index (κ1) is 28.0. The lowest BCUT2D eigenvalue weighted by Crippen LogP contribution is -2.41. The molecule has 0 atom stereocenters. The summed E-state index contributed by atoms with van der Waals surface area (Å²) in [7, 11) is 0. The van der Waals surface area contributed by atoms with Gasteiger partial charge in [0.05, 0.1) is 11.0 Å². The fourth-order valence-electron chi connectivity index (χ4n) is 5.53. The summed E-state index contributed by atoms with van der Waals surface area (Å²) in [5.41, 5.74) is 3.36. The van der Waals surface area contributed by atoms with Crippen LogP contribution in [0.25, 0.3) is 0 Å². The van der Waals surface area contributed by atoms with Crippen molar-refractivity contribution in [2.45, 2.75) is 122 Å². The molecule has 0 spiro atoms. The Morgan fingerprint density at radius 3 is 2.08 bits per heavy atom. The van der Waals surface area contributed by atoms with E-state index in [1.54, 1.807) is 0 Å². The van der Waals surface area contributed by atoms with Crippen LogP contribution in [-0.4, -0.2) is 5.97 Å². The molecule has 0 heterocycles. The van der Waals surface area contributed by atoms with E-state index >= 15 is 0 Å². The number of aryl methyl sites for hydroxylation is 2. The molecular formula is C33H45NO2. The van der Waals surface area contributed by atoms with E-state index in [2.05, 4.69) is 44.2 Å². The van der Waals surface area contributed by atoms with Crippen LogP contribution in [0, 0.1) is 11.3 Å². The Balaban J connectivity index is 1.67. The number of esters is 1. The SMILES string of the molecule is CCCCCCCCCc1ccc(C2(C(=O)Oc3ccc(CCCC)cc3C#N)CCCCC2)cc1. The molecular weight excluding hydrogens is 442 g/mol. The molecule has 0 amide bonds. The summed E-state index contributed by atoms with van der Waals surface area (Å²) in [4.78, 5) is 13.7. The Morgan fingerprint density at radius 2 is 1.42 bits per heavy atom. The summed E-state index contributed by atoms with van der Waals surface area (Å²) in [6, 6.07) is 16.6. The molecule has 3 heteroatoms. The summed E-state index contributed by atoms with van der Waals surface area (Å²) >= 11 is 0. The smallest absolute Gasteiger partial charge is 0.321 e. The minimum atomic E-state index is -0.621. The maximum Gasteiger partial charge on any atom is 0.321 e. The highest BCUT2D eigenvalue weighted by Crippen LogP contribution is 2.41. The number of hydrogen-bond donors (Lipinski definition) is 0. The zero-order valence-electron chi connectivity index (χ0n) is 22.6. The third-order valence-corrected chi connectivity index (χ3v) is 7.86. The highest BCUT2D eigenvalue weighted by atomic mass is 16.5. The van der Waals surface area contributed by atoms with Crippen molar-refractivity contribution in [1.29, 1.82) is 5.26 Å². The van der Waals surface area contributed by atoms with Crippen LogP contribution in [0.15, 0.2) is 42.5 Å². The fourth-order valence-corrected chi connectivity index (χ4v) is 5.53. The van der Waals surface area contributed by atoms with Crippen molar-refractivity contribution in [1.82, 2.24) is 0 Å². The van der Waals surface area contributed by atoms with Crippen LogP contribution in [-0.2, 0) is 23.1 Å². The minimum absolute atomic E-state index is 0.208. The largest absolute Gasteiger partial charge is 0.424 e. The van der Waals surface area contributed by atoms with Crippen LogP contribution in [0.3, 0.4) is 0 Å². The van der Waals surface area contributed by atoms with Crippen molar-refractivity contribution >= 4 is 5.97 Å². The van der Waals surface area contributed by atoms with E-state index in [-0.39, 0.29) is 5.97 Å². The maximum absolute atomic E-state index is 13.7. The van der Waals surface area contributed by atoms with Gasteiger partial charge in [0.1, 0.15) is 11.8 Å². The van der Waals surface area contributed by atoms with E-state index in [1.165, 1.54) is 50.5 Å². The molecule has 0 bridgehead atoms. The highest BCUT2D eigenvalue weighted by molar-refractivity contribution is 5.85. The van der Waals surface area contributed by atoms with Crippen molar-refractivity contribution in [3.05, 3.63) is 64.7 Å². The number of hydrogen-bond acceptors (Lipinski definition) is 3. The molecule has 1 fully saturated rings. The first-order valence-corrected chi connectivity index (χ1v) is 14.5. The van der Waals surface area contributed by atoms with Crippen LogP contribution in [0.2, 0.25) is 0 Å². The van der Waals surface area contributed by atoms with Crippen molar-refractivity contribution < 1.29 is 9.53 Å². The molecule has 194 valence electrons. The molecule has 3 rings (SSSR count). The lowest BCUT2D eigenvalue weighted by atomic mass is 9.69. The van der Waals surface area contributed by atoms with E-state index in [0.717, 1.165) is 68.9 Å². The third-order valence-electron chi connectivity index (χ3n) is 7.86. The summed E-state index contributed by atoms with van der Waals surface area (Å²) in [5.74, 6) is 0.183. The minimum Gasteiger partial charge on any atom is -0.424 e. The Bertz CT molecular complexity index is 980. The van der Waals surface area contributed by atoms with Crippen LogP contribution in [0.1, 0.15) is 126 Å². The molecule has 0 aliphatic heterocycles. The Morgan fingerprint density at radius 1 is 0.806 bits per heavy atom. The monoisotopic (exact) mass is 487 g/mol. The van der Waals surface area contributed by atoms with Gasteiger partial charge in [-0.1, -0.05) is 108 Å². The highest BCUT2D eigenvalue weighted by Gasteiger charge is 2.43. The number of rotatable bonds is 14. The van der Waals surface area contributed by atoms with Gasteiger partial charge in [-0.25, -0.2) is 0 Å². The van der Waals surface area contributed by atoms with Gasteiger partial charge in [0.2, 0.25) is 0 Å². The van der Waals surface area contributed by atoms with Crippen LogP contribution in [0.5, 0.6) is 5.75 Å². The molecule has 0 aromatic heterocycles. The molecule has 0 radical (unpaired) electrons. The van der Waals surface area contributed by atoms with Crippen LogP contribution in [0.4, 0.5) is 0 Å². The third kappa shape index (κ3) is 7.70. The predicted molar refractivity (Wildman–Crippen MR) is 148 cm³/mol. The average Bonchev–Trinajstić information content (AvgIpc) is 2.92. The molecule has 1 aliphatic rings. The van der Waals surface area contributed by atoms with Crippen LogP contribution < -0.4 is 4.74 Å². The molecule has 2 aromatic rings. The lowest BCUT2D eigenvalue weighted by molar-refractivity contribution is -0.142. The standard InChI is InChI=1S/C33H45NO2/c1-3-5-7-8-9-10-12-16-27-17-20-30(21-18-27)33(23-13-11-14-24-33)32(35)36-31-22-19-28(15-6-4-2)25-29(31)26-34/h17-22,25H,3-16,23-24H2,1-2H3. The number of nitriles is 1. The Kier molecular flexibility index (Phi) is 11.5. The molecule has 0 saturated heterocycles. The second-order valence-corrected chi connectivity index (χ2v) is 10.6. The quantitative estimate of drug-likeness (QED) is 0.152. The lowest BCUT2D eigenvalue weighted by Gasteiger charge is -2.35. The van der Waals surface area contributed by atoms with E-state index in [4.69, 9.17) is 4.74 Å². The van der Waals surface area contributed by atoms with Gasteiger partial charge in [-0.3, -0.25) is 4.79 Å². The summed E-state index contributed by atoms with van der Waals surface area (Å²) < 4.78 is 5.98. The first-order valence-electron chi connectivity index (χ1n) is 14.5. The van der Waals surface area contributed by atoms with Crippen molar-refractivity contribution in [2.24, 2.45) is 0 Å². The molecule has 2 aromatic carbocycles. The number of carbonyl (C=O) groups is 1. The molecule has 1 saturated carbocycles. The van der Waals surface area contributed by atoms with E-state index in [1.807, 2.05) is 18.2 Å². The first-order chi connectivity index (χ1) is 17.6. The number of benzene rings is 2. The van der Waals surface area contributed by atoms with Gasteiger partial charge in [0.15, 0.2) is 0 Å². The van der Waals surface area contributed by atoms with Crippen LogP contribution >= 0.6 is 0 Å². The Hall–Kier alpha value is -2.60. The zero-order valence-corrected chi connectivity index (χ0v) is 22.6. The summed E-state index contributed by atoms with van der Waals surface area (Å²) in [6.45, 7) is 4.42. The number of unbranched alkanes of at least 4 members (excludes halogenated alkanes) is 7. The zero-order chi connectivity index (χ0) is 25.6. The molecule has 0 unspecified atom stereocenters. The topological polar surface area (TPSA) is 50.1 Å². The molecule has 0 N–H and O–H groups in total.